The second-order valence-electron chi connectivity index (χ2n) is 3.56. The minimum absolute atomic E-state index is 0.171. The number of carbonyl (C=O) groups is 1. The van der Waals surface area contributed by atoms with Crippen LogP contribution in [-0.4, -0.2) is 11.0 Å². The molecular weight excluding hydrogens is 236 g/mol. The summed E-state index contributed by atoms with van der Waals surface area (Å²) in [5, 5.41) is 16.3. The van der Waals surface area contributed by atoms with Crippen molar-refractivity contribution in [3.8, 4) is 5.75 Å². The molecule has 4 N–H and O–H groups in total. The number of anilines is 1. The lowest BCUT2D eigenvalue weighted by molar-refractivity contribution is 0.0948. The van der Waals surface area contributed by atoms with Crippen LogP contribution in [0.15, 0.2) is 35.0 Å². The summed E-state index contributed by atoms with van der Waals surface area (Å²) in [5.74, 6) is -0.503. The zero-order chi connectivity index (χ0) is 12.3. The third-order valence-electron chi connectivity index (χ3n) is 2.35. The van der Waals surface area contributed by atoms with Gasteiger partial charge in [-0.2, -0.15) is 11.3 Å². The standard InChI is InChI=1S/C12H12N2O2S/c13-10-3-1-2-9(11(10)15)12(16)14-6-8-4-5-17-7-8/h1-5,7,15H,6,13H2,(H,14,16). The van der Waals surface area contributed by atoms with Gasteiger partial charge in [-0.15, -0.1) is 0 Å². The van der Waals surface area contributed by atoms with Crippen LogP contribution in [0, 0.1) is 0 Å². The van der Waals surface area contributed by atoms with E-state index < -0.39 is 0 Å². The molecule has 0 spiro atoms. The first-order valence-corrected chi connectivity index (χ1v) is 5.99. The van der Waals surface area contributed by atoms with Crippen molar-refractivity contribution >= 4 is 22.9 Å². The molecule has 5 heteroatoms. The van der Waals surface area contributed by atoms with Crippen LogP contribution >= 0.6 is 11.3 Å². The minimum Gasteiger partial charge on any atom is -0.505 e. The van der Waals surface area contributed by atoms with Crippen LogP contribution < -0.4 is 11.1 Å². The number of nitrogens with two attached hydrogens (primary N) is 1. The Kier molecular flexibility index (Phi) is 3.30. The van der Waals surface area contributed by atoms with Gasteiger partial charge in [-0.25, -0.2) is 0 Å². The van der Waals surface area contributed by atoms with E-state index in [0.717, 1.165) is 5.56 Å². The largest absolute Gasteiger partial charge is 0.505 e. The lowest BCUT2D eigenvalue weighted by Gasteiger charge is -2.07. The van der Waals surface area contributed by atoms with Crippen LogP contribution in [0.2, 0.25) is 0 Å². The molecule has 1 aromatic heterocycles. The van der Waals surface area contributed by atoms with Gasteiger partial charge in [-0.05, 0) is 34.5 Å². The van der Waals surface area contributed by atoms with Gasteiger partial charge in [0.05, 0.1) is 11.3 Å². The fraction of sp³-hybridized carbons (Fsp3) is 0.0833. The molecule has 2 rings (SSSR count). The van der Waals surface area contributed by atoms with E-state index in [0.29, 0.717) is 6.54 Å². The number of thiophene rings is 1. The van der Waals surface area contributed by atoms with E-state index in [1.807, 2.05) is 16.8 Å². The number of benzene rings is 1. The second-order valence-corrected chi connectivity index (χ2v) is 4.34. The van der Waals surface area contributed by atoms with E-state index in [1.165, 1.54) is 6.07 Å². The highest BCUT2D eigenvalue weighted by Gasteiger charge is 2.12. The summed E-state index contributed by atoms with van der Waals surface area (Å²) < 4.78 is 0. The molecule has 1 amide bonds. The van der Waals surface area contributed by atoms with E-state index >= 15 is 0 Å². The summed E-state index contributed by atoms with van der Waals surface area (Å²) in [4.78, 5) is 11.8. The third-order valence-corrected chi connectivity index (χ3v) is 3.08. The van der Waals surface area contributed by atoms with Crippen LogP contribution in [0.5, 0.6) is 5.75 Å². The van der Waals surface area contributed by atoms with Gasteiger partial charge in [0.25, 0.3) is 5.91 Å². The fourth-order valence-corrected chi connectivity index (χ4v) is 2.08. The SMILES string of the molecule is Nc1cccc(C(=O)NCc2ccsc2)c1O. The molecule has 0 saturated carbocycles. The van der Waals surface area contributed by atoms with E-state index in [9.17, 15) is 9.90 Å². The number of amides is 1. The Morgan fingerprint density at radius 2 is 2.24 bits per heavy atom. The number of carbonyl (C=O) groups excluding carboxylic acids is 1. The van der Waals surface area contributed by atoms with Gasteiger partial charge in [0.2, 0.25) is 0 Å². The fourth-order valence-electron chi connectivity index (χ4n) is 1.42. The molecule has 0 radical (unpaired) electrons. The predicted octanol–water partition coefficient (Wildman–Crippen LogP) is 1.97. The molecule has 1 heterocycles. The van der Waals surface area contributed by atoms with Crippen molar-refractivity contribution in [2.24, 2.45) is 0 Å². The number of nitrogen functional groups attached to an aromatic ring is 1. The molecule has 0 saturated heterocycles. The molecule has 0 aliphatic rings. The Bertz CT molecular complexity index is 523. The lowest BCUT2D eigenvalue weighted by Crippen LogP contribution is -2.22. The normalized spacial score (nSPS) is 10.1. The molecule has 0 atom stereocenters. The Balaban J connectivity index is 2.07. The van der Waals surface area contributed by atoms with Crippen molar-refractivity contribution in [3.63, 3.8) is 0 Å². The van der Waals surface area contributed by atoms with Gasteiger partial charge in [-0.1, -0.05) is 6.07 Å². The summed E-state index contributed by atoms with van der Waals surface area (Å²) >= 11 is 1.57. The van der Waals surface area contributed by atoms with Crippen molar-refractivity contribution in [2.75, 3.05) is 5.73 Å². The topological polar surface area (TPSA) is 75.4 Å². The highest BCUT2D eigenvalue weighted by molar-refractivity contribution is 7.07. The zero-order valence-corrected chi connectivity index (χ0v) is 9.83. The molecule has 0 fully saturated rings. The van der Waals surface area contributed by atoms with E-state index in [1.54, 1.807) is 23.5 Å². The molecule has 17 heavy (non-hydrogen) atoms. The number of hydrogen-bond donors (Lipinski definition) is 3. The first-order chi connectivity index (χ1) is 8.18. The minimum atomic E-state index is -0.332. The number of phenolic OH excluding ortho intramolecular Hbond substituents is 1. The Hall–Kier alpha value is -2.01. The highest BCUT2D eigenvalue weighted by atomic mass is 32.1. The maximum Gasteiger partial charge on any atom is 0.255 e. The monoisotopic (exact) mass is 248 g/mol. The van der Waals surface area contributed by atoms with Crippen LogP contribution in [-0.2, 0) is 6.54 Å². The second kappa shape index (κ2) is 4.88. The van der Waals surface area contributed by atoms with E-state index in [2.05, 4.69) is 5.32 Å². The third kappa shape index (κ3) is 2.57. The van der Waals surface area contributed by atoms with Gasteiger partial charge in [0, 0.05) is 6.54 Å². The summed E-state index contributed by atoms with van der Waals surface area (Å²) in [6.45, 7) is 0.441. The molecule has 88 valence electrons. The number of phenols is 1. The first kappa shape index (κ1) is 11.5. The van der Waals surface area contributed by atoms with Crippen molar-refractivity contribution in [2.45, 2.75) is 6.54 Å². The Morgan fingerprint density at radius 3 is 2.94 bits per heavy atom. The zero-order valence-electron chi connectivity index (χ0n) is 9.01. The number of rotatable bonds is 3. The number of para-hydroxylation sites is 1. The van der Waals surface area contributed by atoms with Crippen molar-refractivity contribution in [1.29, 1.82) is 0 Å². The van der Waals surface area contributed by atoms with Gasteiger partial charge in [0.15, 0.2) is 5.75 Å². The van der Waals surface area contributed by atoms with Crippen LogP contribution in [0.4, 0.5) is 5.69 Å². The van der Waals surface area contributed by atoms with E-state index in [4.69, 9.17) is 5.73 Å². The number of hydrogen-bond acceptors (Lipinski definition) is 4. The molecule has 2 aromatic rings. The first-order valence-electron chi connectivity index (χ1n) is 5.05. The average Bonchev–Trinajstić information content (AvgIpc) is 2.82. The van der Waals surface area contributed by atoms with Gasteiger partial charge < -0.3 is 16.2 Å². The molecule has 4 nitrogen and oxygen atoms in total. The van der Waals surface area contributed by atoms with Crippen molar-refractivity contribution in [3.05, 3.63) is 46.2 Å². The summed E-state index contributed by atoms with van der Waals surface area (Å²) in [5.41, 5.74) is 6.95. The molecule has 1 aromatic carbocycles. The van der Waals surface area contributed by atoms with Gasteiger partial charge in [0.1, 0.15) is 0 Å². The van der Waals surface area contributed by atoms with Crippen LogP contribution in [0.1, 0.15) is 15.9 Å². The lowest BCUT2D eigenvalue weighted by atomic mass is 10.1. The molecular formula is C12H12N2O2S. The average molecular weight is 248 g/mol. The molecule has 0 aliphatic carbocycles. The quantitative estimate of drug-likeness (QED) is 0.574. The summed E-state index contributed by atoms with van der Waals surface area (Å²) in [6.07, 6.45) is 0. The Morgan fingerprint density at radius 1 is 1.41 bits per heavy atom. The van der Waals surface area contributed by atoms with Gasteiger partial charge >= 0.3 is 0 Å². The maximum absolute atomic E-state index is 11.8. The smallest absolute Gasteiger partial charge is 0.255 e. The molecule has 0 bridgehead atoms. The Labute approximate surface area is 103 Å². The number of nitrogens with one attached hydrogen (secondary N) is 1. The van der Waals surface area contributed by atoms with Crippen molar-refractivity contribution < 1.29 is 9.90 Å². The van der Waals surface area contributed by atoms with E-state index in [-0.39, 0.29) is 22.9 Å². The van der Waals surface area contributed by atoms with Crippen LogP contribution in [0.3, 0.4) is 0 Å². The molecule has 0 unspecified atom stereocenters. The number of aromatic hydroxyl groups is 1. The van der Waals surface area contributed by atoms with Gasteiger partial charge in [-0.3, -0.25) is 4.79 Å². The summed E-state index contributed by atoms with van der Waals surface area (Å²) in [6, 6.07) is 6.65. The van der Waals surface area contributed by atoms with Crippen molar-refractivity contribution in [1.82, 2.24) is 5.32 Å². The molecule has 0 aliphatic heterocycles. The highest BCUT2D eigenvalue weighted by Crippen LogP contribution is 2.24. The predicted molar refractivity (Wildman–Crippen MR) is 68.0 cm³/mol. The summed E-state index contributed by atoms with van der Waals surface area (Å²) in [7, 11) is 0. The van der Waals surface area contributed by atoms with Crippen LogP contribution in [0.25, 0.3) is 0 Å². The maximum atomic E-state index is 11.8.